The largest absolute Gasteiger partial charge is 0.461 e. The van der Waals surface area contributed by atoms with E-state index in [9.17, 15) is 4.79 Å². The molecule has 1 N–H and O–H groups in total. The minimum atomic E-state index is -0.146. The van der Waals surface area contributed by atoms with Crippen molar-refractivity contribution in [3.05, 3.63) is 64.9 Å². The van der Waals surface area contributed by atoms with Gasteiger partial charge < -0.3 is 9.73 Å². The van der Waals surface area contributed by atoms with Crippen molar-refractivity contribution in [3.8, 4) is 11.6 Å². The first-order valence-corrected chi connectivity index (χ1v) is 11.0. The van der Waals surface area contributed by atoms with E-state index in [0.717, 1.165) is 6.42 Å². The molecule has 1 aromatic carbocycles. The number of fused-ring (bicyclic) bond motifs is 1. The van der Waals surface area contributed by atoms with Crippen LogP contribution in [-0.2, 0) is 6.42 Å². The zero-order valence-corrected chi connectivity index (χ0v) is 17.2. The highest BCUT2D eigenvalue weighted by Crippen LogP contribution is 2.27. The van der Waals surface area contributed by atoms with Gasteiger partial charge in [0.05, 0.1) is 17.5 Å². The summed E-state index contributed by atoms with van der Waals surface area (Å²) in [4.78, 5) is 21.8. The number of rotatable bonds is 6. The number of benzene rings is 1. The zero-order valence-electron chi connectivity index (χ0n) is 15.6. The molecule has 0 spiro atoms. The van der Waals surface area contributed by atoms with Gasteiger partial charge in [-0.2, -0.15) is 0 Å². The maximum atomic E-state index is 12.8. The molecule has 0 unspecified atom stereocenters. The lowest BCUT2D eigenvalue weighted by molar-refractivity contribution is 0.0949. The van der Waals surface area contributed by atoms with Crippen molar-refractivity contribution in [1.82, 2.24) is 15.3 Å². The summed E-state index contributed by atoms with van der Waals surface area (Å²) < 4.78 is 6.65. The molecule has 28 heavy (non-hydrogen) atoms. The molecular formula is C21H19N3O2S2. The molecule has 142 valence electrons. The van der Waals surface area contributed by atoms with Gasteiger partial charge in [0.1, 0.15) is 5.03 Å². The first-order valence-electron chi connectivity index (χ1n) is 8.87. The predicted molar refractivity (Wildman–Crippen MR) is 114 cm³/mol. The summed E-state index contributed by atoms with van der Waals surface area (Å²) in [6, 6.07) is 11.9. The van der Waals surface area contributed by atoms with Crippen LogP contribution in [0.4, 0.5) is 0 Å². The van der Waals surface area contributed by atoms with Gasteiger partial charge in [0.2, 0.25) is 0 Å². The van der Waals surface area contributed by atoms with Crippen LogP contribution in [0, 0.1) is 6.92 Å². The van der Waals surface area contributed by atoms with Crippen molar-refractivity contribution in [2.24, 2.45) is 0 Å². The van der Waals surface area contributed by atoms with E-state index in [0.29, 0.717) is 34.4 Å². The highest BCUT2D eigenvalue weighted by Gasteiger charge is 2.19. The number of nitrogens with zero attached hydrogens (tertiary/aromatic N) is 2. The Morgan fingerprint density at radius 1 is 1.21 bits per heavy atom. The maximum absolute atomic E-state index is 12.8. The number of carbonyl (C=O) groups excluding carboxylic acids is 1. The Morgan fingerprint density at radius 3 is 2.86 bits per heavy atom. The van der Waals surface area contributed by atoms with Crippen molar-refractivity contribution in [1.29, 1.82) is 0 Å². The van der Waals surface area contributed by atoms with Gasteiger partial charge in [-0.15, -0.1) is 23.1 Å². The Labute approximate surface area is 171 Å². The lowest BCUT2D eigenvalue weighted by Crippen LogP contribution is -2.27. The van der Waals surface area contributed by atoms with E-state index in [2.05, 4.69) is 32.8 Å². The second-order valence-electron chi connectivity index (χ2n) is 6.26. The van der Waals surface area contributed by atoms with Gasteiger partial charge in [-0.05, 0) is 54.1 Å². The van der Waals surface area contributed by atoms with Crippen LogP contribution in [0.5, 0.6) is 0 Å². The number of nitrogens with one attached hydrogen (secondary N) is 1. The van der Waals surface area contributed by atoms with E-state index in [4.69, 9.17) is 4.42 Å². The van der Waals surface area contributed by atoms with Crippen LogP contribution in [0.2, 0.25) is 0 Å². The van der Waals surface area contributed by atoms with Gasteiger partial charge in [-0.25, -0.2) is 9.97 Å². The van der Waals surface area contributed by atoms with Crippen LogP contribution in [0.3, 0.4) is 0 Å². The van der Waals surface area contributed by atoms with E-state index < -0.39 is 0 Å². The molecule has 0 fully saturated rings. The molecule has 4 aromatic rings. The van der Waals surface area contributed by atoms with E-state index in [1.54, 1.807) is 23.7 Å². The molecule has 7 heteroatoms. The molecule has 0 bridgehead atoms. The summed E-state index contributed by atoms with van der Waals surface area (Å²) in [5.74, 6) is 0.940. The van der Waals surface area contributed by atoms with E-state index in [1.807, 2.05) is 31.4 Å². The number of thiophene rings is 1. The minimum Gasteiger partial charge on any atom is -0.461 e. The summed E-state index contributed by atoms with van der Waals surface area (Å²) in [5, 5.41) is 7.09. The number of amides is 1. The Balaban J connectivity index is 1.50. The number of hydrogen-bond acceptors (Lipinski definition) is 6. The minimum absolute atomic E-state index is 0.146. The molecule has 0 saturated carbocycles. The van der Waals surface area contributed by atoms with E-state index in [-0.39, 0.29) is 5.91 Å². The van der Waals surface area contributed by atoms with Gasteiger partial charge in [0.15, 0.2) is 11.6 Å². The normalized spacial score (nSPS) is 11.1. The molecule has 3 aromatic heterocycles. The second kappa shape index (κ2) is 8.16. The topological polar surface area (TPSA) is 68.0 Å². The molecule has 0 aliphatic rings. The summed E-state index contributed by atoms with van der Waals surface area (Å²) >= 11 is 3.16. The van der Waals surface area contributed by atoms with Gasteiger partial charge in [-0.1, -0.05) is 18.2 Å². The van der Waals surface area contributed by atoms with Crippen molar-refractivity contribution < 1.29 is 9.21 Å². The lowest BCUT2D eigenvalue weighted by atomic mass is 10.1. The van der Waals surface area contributed by atoms with Crippen molar-refractivity contribution in [3.63, 3.8) is 0 Å². The van der Waals surface area contributed by atoms with Crippen LogP contribution in [0.1, 0.15) is 21.6 Å². The predicted octanol–water partition coefficient (Wildman–Crippen LogP) is 4.95. The standard InChI is InChI=1S/C21H19N3O2S2/c1-13-18(21(27-2)24-19(23-13)16-7-5-11-26-16)20(25)22-10-9-14-12-28-17-8-4-3-6-15(14)17/h3-8,11-12H,9-10H2,1-2H3,(H,22,25). The van der Waals surface area contributed by atoms with Crippen LogP contribution in [-0.4, -0.2) is 28.7 Å². The van der Waals surface area contributed by atoms with Crippen molar-refractivity contribution in [2.75, 3.05) is 12.8 Å². The Bertz CT molecular complexity index is 1120. The van der Waals surface area contributed by atoms with Crippen molar-refractivity contribution in [2.45, 2.75) is 18.4 Å². The Hall–Kier alpha value is -2.64. The quantitative estimate of drug-likeness (QED) is 0.360. The third-order valence-electron chi connectivity index (χ3n) is 4.46. The molecule has 4 rings (SSSR count). The van der Waals surface area contributed by atoms with Crippen LogP contribution in [0.25, 0.3) is 21.7 Å². The number of furan rings is 1. The SMILES string of the molecule is CSc1nc(-c2ccco2)nc(C)c1C(=O)NCCc1csc2ccccc12. The van der Waals surface area contributed by atoms with Gasteiger partial charge in [0, 0.05) is 11.2 Å². The first kappa shape index (κ1) is 18.7. The first-order chi connectivity index (χ1) is 13.7. The molecule has 0 saturated heterocycles. The van der Waals surface area contributed by atoms with Gasteiger partial charge in [0.25, 0.3) is 5.91 Å². The average molecular weight is 410 g/mol. The van der Waals surface area contributed by atoms with Crippen LogP contribution < -0.4 is 5.32 Å². The van der Waals surface area contributed by atoms with Crippen LogP contribution in [0.15, 0.2) is 57.5 Å². The average Bonchev–Trinajstić information content (AvgIpc) is 3.37. The highest BCUT2D eigenvalue weighted by atomic mass is 32.2. The number of hydrogen-bond donors (Lipinski definition) is 1. The summed E-state index contributed by atoms with van der Waals surface area (Å²) in [7, 11) is 0. The number of thioether (sulfide) groups is 1. The monoisotopic (exact) mass is 409 g/mol. The third kappa shape index (κ3) is 3.68. The summed E-state index contributed by atoms with van der Waals surface area (Å²) in [6.45, 7) is 2.39. The Kier molecular flexibility index (Phi) is 5.45. The van der Waals surface area contributed by atoms with E-state index >= 15 is 0 Å². The molecule has 5 nitrogen and oxygen atoms in total. The summed E-state index contributed by atoms with van der Waals surface area (Å²) in [6.07, 6.45) is 4.28. The van der Waals surface area contributed by atoms with Crippen LogP contribution >= 0.6 is 23.1 Å². The van der Waals surface area contributed by atoms with Crippen molar-refractivity contribution >= 4 is 39.1 Å². The molecule has 3 heterocycles. The number of carbonyl (C=O) groups is 1. The smallest absolute Gasteiger partial charge is 0.255 e. The Morgan fingerprint density at radius 2 is 2.07 bits per heavy atom. The van der Waals surface area contributed by atoms with Gasteiger partial charge in [-0.3, -0.25) is 4.79 Å². The maximum Gasteiger partial charge on any atom is 0.255 e. The fraction of sp³-hybridized carbons (Fsp3) is 0.190. The number of aromatic nitrogens is 2. The molecule has 0 aliphatic carbocycles. The molecule has 1 amide bonds. The number of aryl methyl sites for hydroxylation is 1. The highest BCUT2D eigenvalue weighted by molar-refractivity contribution is 7.98. The lowest BCUT2D eigenvalue weighted by Gasteiger charge is -2.11. The molecule has 0 atom stereocenters. The summed E-state index contributed by atoms with van der Waals surface area (Å²) in [5.41, 5.74) is 2.43. The fourth-order valence-electron chi connectivity index (χ4n) is 3.10. The van der Waals surface area contributed by atoms with Gasteiger partial charge >= 0.3 is 0 Å². The fourth-order valence-corrected chi connectivity index (χ4v) is 4.72. The molecule has 0 radical (unpaired) electrons. The zero-order chi connectivity index (χ0) is 19.5. The molecular weight excluding hydrogens is 390 g/mol. The third-order valence-corrected chi connectivity index (χ3v) is 6.15. The van der Waals surface area contributed by atoms with E-state index in [1.165, 1.54) is 27.4 Å². The molecule has 0 aliphatic heterocycles. The second-order valence-corrected chi connectivity index (χ2v) is 7.96.